The summed E-state index contributed by atoms with van der Waals surface area (Å²) in [7, 11) is 0. The second kappa shape index (κ2) is 8.02. The number of rotatable bonds is 3. The minimum absolute atomic E-state index is 0.0596. The Morgan fingerprint density at radius 3 is 2.54 bits per heavy atom. The second-order valence-electron chi connectivity index (χ2n) is 7.52. The van der Waals surface area contributed by atoms with Crippen molar-refractivity contribution in [1.29, 1.82) is 0 Å². The average molecular weight is 400 g/mol. The first-order chi connectivity index (χ1) is 13.5. The number of carbonyl (C=O) groups is 1. The first kappa shape index (κ1) is 19.1. The summed E-state index contributed by atoms with van der Waals surface area (Å²) in [6.07, 6.45) is 0.831. The lowest BCUT2D eigenvalue weighted by Crippen LogP contribution is -2.43. The topological polar surface area (TPSA) is 44.8 Å². The summed E-state index contributed by atoms with van der Waals surface area (Å²) in [6, 6.07) is 14.5. The van der Waals surface area contributed by atoms with E-state index in [0.29, 0.717) is 5.02 Å². The van der Waals surface area contributed by atoms with Crippen LogP contribution in [0.25, 0.3) is 0 Å². The molecular formula is C22H26ClN3O2. The molecule has 4 rings (SSSR count). The van der Waals surface area contributed by atoms with Crippen molar-refractivity contribution in [3.05, 3.63) is 53.1 Å². The van der Waals surface area contributed by atoms with Gasteiger partial charge >= 0.3 is 0 Å². The maximum Gasteiger partial charge on any atom is 0.224 e. The van der Waals surface area contributed by atoms with E-state index in [0.717, 1.165) is 49.7 Å². The zero-order chi connectivity index (χ0) is 19.7. The summed E-state index contributed by atoms with van der Waals surface area (Å²) in [4.78, 5) is 16.4. The molecule has 1 saturated heterocycles. The highest BCUT2D eigenvalue weighted by Gasteiger charge is 2.32. The van der Waals surface area contributed by atoms with E-state index in [-0.39, 0.29) is 18.0 Å². The van der Waals surface area contributed by atoms with Gasteiger partial charge in [-0.3, -0.25) is 4.79 Å². The fourth-order valence-corrected chi connectivity index (χ4v) is 4.42. The number of nitrogens with one attached hydrogen (secondary N) is 1. The van der Waals surface area contributed by atoms with Crippen molar-refractivity contribution in [1.82, 2.24) is 0 Å². The summed E-state index contributed by atoms with van der Waals surface area (Å²) in [5.41, 5.74) is 4.30. The summed E-state index contributed by atoms with van der Waals surface area (Å²) in [5, 5.41) is 4.33. The van der Waals surface area contributed by atoms with E-state index in [4.69, 9.17) is 16.3 Å². The van der Waals surface area contributed by atoms with Gasteiger partial charge in [0.2, 0.25) is 5.91 Å². The van der Waals surface area contributed by atoms with Crippen molar-refractivity contribution >= 4 is 34.6 Å². The van der Waals surface area contributed by atoms with Gasteiger partial charge in [-0.2, -0.15) is 0 Å². The molecule has 2 atom stereocenters. The molecule has 2 aliphatic rings. The number of morpholine rings is 1. The van der Waals surface area contributed by atoms with Gasteiger partial charge in [0.25, 0.3) is 0 Å². The number of benzene rings is 2. The number of amides is 1. The SMILES string of the molecule is CC(=O)N1c2ccc(Cl)cc2[C@H](Nc2ccc(N3CCOCC3)cc2)C[C@@H]1C. The molecule has 1 fully saturated rings. The highest BCUT2D eigenvalue weighted by atomic mass is 35.5. The molecule has 0 aromatic heterocycles. The Bertz CT molecular complexity index is 849. The van der Waals surface area contributed by atoms with Crippen molar-refractivity contribution in [2.75, 3.05) is 41.4 Å². The Morgan fingerprint density at radius 1 is 1.14 bits per heavy atom. The number of ether oxygens (including phenoxy) is 1. The maximum absolute atomic E-state index is 12.2. The lowest BCUT2D eigenvalue weighted by molar-refractivity contribution is -0.117. The Balaban J connectivity index is 1.56. The summed E-state index contributed by atoms with van der Waals surface area (Å²) >= 11 is 6.27. The van der Waals surface area contributed by atoms with Crippen LogP contribution in [0, 0.1) is 0 Å². The minimum Gasteiger partial charge on any atom is -0.378 e. The van der Waals surface area contributed by atoms with Gasteiger partial charge in [-0.05, 0) is 61.4 Å². The van der Waals surface area contributed by atoms with Crippen molar-refractivity contribution in [3.8, 4) is 0 Å². The van der Waals surface area contributed by atoms with Crippen LogP contribution in [-0.2, 0) is 9.53 Å². The molecule has 148 valence electrons. The van der Waals surface area contributed by atoms with Crippen LogP contribution in [0.2, 0.25) is 5.02 Å². The lowest BCUT2D eigenvalue weighted by atomic mass is 9.91. The zero-order valence-corrected chi connectivity index (χ0v) is 17.1. The number of carbonyl (C=O) groups excluding carboxylic acids is 1. The van der Waals surface area contributed by atoms with E-state index in [1.54, 1.807) is 6.92 Å². The van der Waals surface area contributed by atoms with Crippen LogP contribution in [-0.4, -0.2) is 38.3 Å². The summed E-state index contributed by atoms with van der Waals surface area (Å²) in [5.74, 6) is 0.0596. The molecule has 0 radical (unpaired) electrons. The molecule has 2 aromatic rings. The Morgan fingerprint density at radius 2 is 1.86 bits per heavy atom. The monoisotopic (exact) mass is 399 g/mol. The predicted molar refractivity (Wildman–Crippen MR) is 115 cm³/mol. The van der Waals surface area contributed by atoms with Crippen LogP contribution in [0.4, 0.5) is 17.1 Å². The molecule has 2 aliphatic heterocycles. The van der Waals surface area contributed by atoms with E-state index >= 15 is 0 Å². The normalized spacial score (nSPS) is 22.0. The first-order valence-electron chi connectivity index (χ1n) is 9.81. The van der Waals surface area contributed by atoms with Gasteiger partial charge in [-0.15, -0.1) is 0 Å². The second-order valence-corrected chi connectivity index (χ2v) is 7.96. The average Bonchev–Trinajstić information content (AvgIpc) is 2.69. The molecule has 5 nitrogen and oxygen atoms in total. The first-order valence-corrected chi connectivity index (χ1v) is 10.2. The molecule has 2 heterocycles. The number of halogens is 1. The maximum atomic E-state index is 12.2. The Kier molecular flexibility index (Phi) is 5.47. The number of hydrogen-bond donors (Lipinski definition) is 1. The lowest BCUT2D eigenvalue weighted by Gasteiger charge is -2.39. The number of fused-ring (bicyclic) bond motifs is 1. The van der Waals surface area contributed by atoms with E-state index < -0.39 is 0 Å². The van der Waals surface area contributed by atoms with E-state index in [2.05, 4.69) is 41.4 Å². The van der Waals surface area contributed by atoms with Crippen LogP contribution in [0.5, 0.6) is 0 Å². The fourth-order valence-electron chi connectivity index (χ4n) is 4.24. The molecule has 6 heteroatoms. The van der Waals surface area contributed by atoms with Gasteiger partial charge in [0, 0.05) is 48.1 Å². The van der Waals surface area contributed by atoms with Crippen LogP contribution in [0.1, 0.15) is 31.9 Å². The van der Waals surface area contributed by atoms with Crippen LogP contribution in [0.15, 0.2) is 42.5 Å². The van der Waals surface area contributed by atoms with Gasteiger partial charge < -0.3 is 19.9 Å². The molecular weight excluding hydrogens is 374 g/mol. The van der Waals surface area contributed by atoms with Crippen molar-refractivity contribution < 1.29 is 9.53 Å². The number of nitrogens with zero attached hydrogens (tertiary/aromatic N) is 2. The molecule has 28 heavy (non-hydrogen) atoms. The Hall–Kier alpha value is -2.24. The summed E-state index contributed by atoms with van der Waals surface area (Å²) in [6.45, 7) is 7.13. The highest BCUT2D eigenvalue weighted by Crippen LogP contribution is 2.40. The molecule has 0 bridgehead atoms. The third-order valence-electron chi connectivity index (χ3n) is 5.57. The van der Waals surface area contributed by atoms with E-state index in [1.165, 1.54) is 5.69 Å². The Labute approximate surface area is 171 Å². The quantitative estimate of drug-likeness (QED) is 0.826. The number of hydrogen-bond acceptors (Lipinski definition) is 4. The van der Waals surface area contributed by atoms with Gasteiger partial charge in [-0.1, -0.05) is 11.6 Å². The standard InChI is InChI=1S/C22H26ClN3O2/c1-15-13-21(20-14-17(23)3-8-22(20)26(15)16(2)27)24-18-4-6-19(7-5-18)25-9-11-28-12-10-25/h3-8,14-15,21,24H,9-13H2,1-2H3/t15-,21+/m0/s1. The molecule has 0 unspecified atom stereocenters. The van der Waals surface area contributed by atoms with Gasteiger partial charge in [-0.25, -0.2) is 0 Å². The van der Waals surface area contributed by atoms with Crippen molar-refractivity contribution in [2.24, 2.45) is 0 Å². The smallest absolute Gasteiger partial charge is 0.224 e. The molecule has 1 amide bonds. The third kappa shape index (κ3) is 3.82. The molecule has 0 saturated carbocycles. The third-order valence-corrected chi connectivity index (χ3v) is 5.80. The number of anilines is 3. The van der Waals surface area contributed by atoms with Crippen molar-refractivity contribution in [3.63, 3.8) is 0 Å². The van der Waals surface area contributed by atoms with E-state index in [1.807, 2.05) is 23.1 Å². The fraction of sp³-hybridized carbons (Fsp3) is 0.409. The zero-order valence-electron chi connectivity index (χ0n) is 16.3. The summed E-state index contributed by atoms with van der Waals surface area (Å²) < 4.78 is 5.43. The largest absolute Gasteiger partial charge is 0.378 e. The van der Waals surface area contributed by atoms with Gasteiger partial charge in [0.1, 0.15) is 0 Å². The van der Waals surface area contributed by atoms with Gasteiger partial charge in [0.05, 0.1) is 19.3 Å². The molecule has 0 spiro atoms. The van der Waals surface area contributed by atoms with E-state index in [9.17, 15) is 4.79 Å². The van der Waals surface area contributed by atoms with Crippen LogP contribution >= 0.6 is 11.6 Å². The van der Waals surface area contributed by atoms with Crippen molar-refractivity contribution in [2.45, 2.75) is 32.4 Å². The van der Waals surface area contributed by atoms with Gasteiger partial charge in [0.15, 0.2) is 0 Å². The molecule has 0 aliphatic carbocycles. The predicted octanol–water partition coefficient (Wildman–Crippen LogP) is 4.47. The highest BCUT2D eigenvalue weighted by molar-refractivity contribution is 6.30. The minimum atomic E-state index is 0.0596. The molecule has 1 N–H and O–H groups in total. The van der Waals surface area contributed by atoms with Crippen LogP contribution in [0.3, 0.4) is 0 Å². The molecule has 2 aromatic carbocycles. The van der Waals surface area contributed by atoms with Crippen LogP contribution < -0.4 is 15.1 Å².